The van der Waals surface area contributed by atoms with Gasteiger partial charge in [0.2, 0.25) is 5.82 Å². The van der Waals surface area contributed by atoms with Crippen molar-refractivity contribution in [3.63, 3.8) is 0 Å². The molecule has 12 heteroatoms. The number of methoxy groups -OCH3 is 2. The Balaban J connectivity index is 1.68. The van der Waals surface area contributed by atoms with Crippen LogP contribution in [0.2, 0.25) is 0 Å². The van der Waals surface area contributed by atoms with E-state index in [1.165, 1.54) is 13.3 Å². The van der Waals surface area contributed by atoms with Gasteiger partial charge in [0.25, 0.3) is 5.56 Å². The molecule has 1 N–H and O–H groups in total. The van der Waals surface area contributed by atoms with Crippen molar-refractivity contribution in [2.24, 2.45) is 5.10 Å². The van der Waals surface area contributed by atoms with E-state index in [9.17, 15) is 9.59 Å². The second kappa shape index (κ2) is 10.9. The molecule has 2 aromatic heterocycles. The molecule has 0 saturated carbocycles. The summed E-state index contributed by atoms with van der Waals surface area (Å²) in [6, 6.07) is 15.7. The number of rotatable bonds is 8. The average Bonchev–Trinajstić information content (AvgIpc) is 3.38. The highest BCUT2D eigenvalue weighted by Crippen LogP contribution is 2.42. The lowest BCUT2D eigenvalue weighted by Gasteiger charge is -2.14. The number of nitrogens with zero attached hydrogens (tertiary/aromatic N) is 3. The van der Waals surface area contributed by atoms with Crippen LogP contribution in [0.3, 0.4) is 0 Å². The Hall–Kier alpha value is -4.16. The number of carboxylic acid groups (broad SMARTS) is 1. The van der Waals surface area contributed by atoms with Crippen LogP contribution in [0.5, 0.6) is 17.2 Å². The minimum Gasteiger partial charge on any atom is -0.496 e. The summed E-state index contributed by atoms with van der Waals surface area (Å²) in [7, 11) is 2.99. The molecule has 0 amide bonds. The van der Waals surface area contributed by atoms with E-state index in [1.54, 1.807) is 55.6 Å². The summed E-state index contributed by atoms with van der Waals surface area (Å²) in [5, 5.41) is 14.6. The van der Waals surface area contributed by atoms with Gasteiger partial charge in [-0.15, -0.1) is 0 Å². The highest BCUT2D eigenvalue weighted by atomic mass is 79.9. The van der Waals surface area contributed by atoms with E-state index in [0.29, 0.717) is 42.5 Å². The van der Waals surface area contributed by atoms with Crippen molar-refractivity contribution in [2.75, 3.05) is 20.8 Å². The second-order valence-electron chi connectivity index (χ2n) is 8.10. The van der Waals surface area contributed by atoms with Gasteiger partial charge in [0.1, 0.15) is 11.3 Å². The average molecular weight is 657 g/mol. The molecule has 10 nitrogen and oxygen atoms in total. The smallest absolute Gasteiger partial charge is 0.341 e. The number of fused-ring (bicyclic) bond motifs is 2. The standard InChI is InChI=1S/C27H19Br2N3O7/c1-36-18-8-5-9-19-16(18)11-21(39-19)26-31-17-7-4-3-6-15(17)27(35)32(26)30-12-14-10-20(37-2)25(24(29)23(14)28)38-13-22(33)34/h3-12H,13H2,1-2H3,(H,33,34). The number of hydrogen-bond acceptors (Lipinski definition) is 8. The summed E-state index contributed by atoms with van der Waals surface area (Å²) in [6.07, 6.45) is 1.45. The molecular weight excluding hydrogens is 638 g/mol. The maximum absolute atomic E-state index is 13.6. The van der Waals surface area contributed by atoms with Crippen LogP contribution < -0.4 is 19.8 Å². The fraction of sp³-hybridized carbons (Fsp3) is 0.111. The maximum Gasteiger partial charge on any atom is 0.341 e. The van der Waals surface area contributed by atoms with Gasteiger partial charge in [-0.25, -0.2) is 9.78 Å². The SMILES string of the molecule is COc1cc(C=Nn2c(-c3cc4c(OC)cccc4o3)nc3ccccc3c2=O)c(Br)c(Br)c1OCC(=O)O. The number of halogens is 2. The molecule has 0 aliphatic rings. The van der Waals surface area contributed by atoms with Gasteiger partial charge in [-0.2, -0.15) is 9.78 Å². The number of benzene rings is 3. The van der Waals surface area contributed by atoms with E-state index in [1.807, 2.05) is 6.07 Å². The molecule has 2 heterocycles. The van der Waals surface area contributed by atoms with Crippen molar-refractivity contribution in [3.8, 4) is 28.8 Å². The number of ether oxygens (including phenoxy) is 3. The van der Waals surface area contributed by atoms with Crippen LogP contribution in [0.4, 0.5) is 0 Å². The third kappa shape index (κ3) is 5.00. The van der Waals surface area contributed by atoms with Crippen molar-refractivity contribution in [3.05, 3.63) is 79.5 Å². The van der Waals surface area contributed by atoms with Crippen molar-refractivity contribution >= 4 is 65.9 Å². The molecule has 0 spiro atoms. The van der Waals surface area contributed by atoms with Crippen LogP contribution in [-0.2, 0) is 4.79 Å². The van der Waals surface area contributed by atoms with Crippen LogP contribution in [0, 0.1) is 0 Å². The largest absolute Gasteiger partial charge is 0.496 e. The molecule has 5 aromatic rings. The van der Waals surface area contributed by atoms with Gasteiger partial charge in [-0.3, -0.25) is 4.79 Å². The van der Waals surface area contributed by atoms with E-state index in [2.05, 4.69) is 37.0 Å². The lowest BCUT2D eigenvalue weighted by atomic mass is 10.2. The highest BCUT2D eigenvalue weighted by molar-refractivity contribution is 9.13. The summed E-state index contributed by atoms with van der Waals surface area (Å²) < 4.78 is 24.4. The van der Waals surface area contributed by atoms with E-state index < -0.39 is 18.1 Å². The van der Waals surface area contributed by atoms with Gasteiger partial charge in [-0.1, -0.05) is 18.2 Å². The Morgan fingerprint density at radius 3 is 2.56 bits per heavy atom. The van der Waals surface area contributed by atoms with Gasteiger partial charge >= 0.3 is 5.97 Å². The van der Waals surface area contributed by atoms with E-state index in [0.717, 1.165) is 10.1 Å². The number of para-hydroxylation sites is 1. The van der Waals surface area contributed by atoms with Gasteiger partial charge < -0.3 is 23.7 Å². The zero-order valence-electron chi connectivity index (χ0n) is 20.5. The molecule has 0 aliphatic heterocycles. The number of carbonyl (C=O) groups is 1. The summed E-state index contributed by atoms with van der Waals surface area (Å²) in [5.74, 6) is 0.463. The first-order valence-corrected chi connectivity index (χ1v) is 12.9. The van der Waals surface area contributed by atoms with E-state index in [-0.39, 0.29) is 17.3 Å². The Bertz CT molecular complexity index is 1830. The van der Waals surface area contributed by atoms with Crippen molar-refractivity contribution < 1.29 is 28.5 Å². The van der Waals surface area contributed by atoms with Gasteiger partial charge in [0.15, 0.2) is 23.9 Å². The first-order valence-electron chi connectivity index (χ1n) is 11.4. The zero-order valence-corrected chi connectivity index (χ0v) is 23.6. The number of furan rings is 1. The maximum atomic E-state index is 13.6. The first-order chi connectivity index (χ1) is 18.8. The van der Waals surface area contributed by atoms with Crippen molar-refractivity contribution in [2.45, 2.75) is 0 Å². The molecule has 0 fully saturated rings. The normalized spacial score (nSPS) is 11.4. The monoisotopic (exact) mass is 655 g/mol. The van der Waals surface area contributed by atoms with E-state index in [4.69, 9.17) is 28.7 Å². The lowest BCUT2D eigenvalue weighted by Crippen LogP contribution is -2.20. The van der Waals surface area contributed by atoms with Gasteiger partial charge in [0, 0.05) is 10.0 Å². The zero-order chi connectivity index (χ0) is 27.7. The lowest BCUT2D eigenvalue weighted by molar-refractivity contribution is -0.139. The number of aliphatic carboxylic acids is 1. The Morgan fingerprint density at radius 1 is 1.05 bits per heavy atom. The minimum absolute atomic E-state index is 0.191. The minimum atomic E-state index is -1.13. The van der Waals surface area contributed by atoms with Crippen LogP contribution in [0.1, 0.15) is 5.56 Å². The predicted octanol–water partition coefficient (Wildman–Crippen LogP) is 5.70. The molecule has 0 bridgehead atoms. The number of carboxylic acids is 1. The Labute approximate surface area is 237 Å². The molecule has 0 unspecified atom stereocenters. The van der Waals surface area contributed by atoms with Crippen molar-refractivity contribution in [1.29, 1.82) is 0 Å². The van der Waals surface area contributed by atoms with Gasteiger partial charge in [0.05, 0.1) is 41.2 Å². The summed E-state index contributed by atoms with van der Waals surface area (Å²) >= 11 is 6.90. The molecular formula is C27H19Br2N3O7. The van der Waals surface area contributed by atoms with Gasteiger partial charge in [-0.05, 0) is 68.3 Å². The Morgan fingerprint density at radius 2 is 1.82 bits per heavy atom. The first kappa shape index (κ1) is 26.4. The highest BCUT2D eigenvalue weighted by Gasteiger charge is 2.20. The molecule has 5 rings (SSSR count). The molecule has 0 saturated heterocycles. The predicted molar refractivity (Wildman–Crippen MR) is 152 cm³/mol. The quantitative estimate of drug-likeness (QED) is 0.211. The van der Waals surface area contributed by atoms with Crippen molar-refractivity contribution in [1.82, 2.24) is 9.66 Å². The molecule has 0 aliphatic carbocycles. The number of hydrogen-bond donors (Lipinski definition) is 1. The van der Waals surface area contributed by atoms with Crippen LogP contribution in [0.25, 0.3) is 33.5 Å². The topological polar surface area (TPSA) is 125 Å². The van der Waals surface area contributed by atoms with Crippen LogP contribution in [-0.4, -0.2) is 47.8 Å². The molecule has 198 valence electrons. The fourth-order valence-corrected chi connectivity index (χ4v) is 4.89. The summed E-state index contributed by atoms with van der Waals surface area (Å²) in [6.45, 7) is -0.557. The summed E-state index contributed by atoms with van der Waals surface area (Å²) in [5.41, 5.74) is 1.17. The third-order valence-corrected chi connectivity index (χ3v) is 7.89. The van der Waals surface area contributed by atoms with Crippen LogP contribution >= 0.6 is 31.9 Å². The second-order valence-corrected chi connectivity index (χ2v) is 9.69. The summed E-state index contributed by atoms with van der Waals surface area (Å²) in [4.78, 5) is 29.3. The van der Waals surface area contributed by atoms with E-state index >= 15 is 0 Å². The molecule has 3 aromatic carbocycles. The molecule has 0 radical (unpaired) electrons. The molecule has 39 heavy (non-hydrogen) atoms. The third-order valence-electron chi connectivity index (χ3n) is 5.74. The molecule has 0 atom stereocenters. The Kier molecular flexibility index (Phi) is 7.40. The number of aromatic nitrogens is 2. The van der Waals surface area contributed by atoms with Crippen LogP contribution in [0.15, 0.2) is 77.9 Å². The fourth-order valence-electron chi connectivity index (χ4n) is 3.95.